The summed E-state index contributed by atoms with van der Waals surface area (Å²) in [5.74, 6) is -1.08. The Bertz CT molecular complexity index is 621. The first-order valence-corrected chi connectivity index (χ1v) is 6.58. The van der Waals surface area contributed by atoms with Gasteiger partial charge in [-0.3, -0.25) is 5.32 Å². The third-order valence-electron chi connectivity index (χ3n) is 2.35. The molecule has 3 N–H and O–H groups in total. The lowest BCUT2D eigenvalue weighted by Crippen LogP contribution is -2.31. The van der Waals surface area contributed by atoms with Gasteiger partial charge < -0.3 is 15.0 Å². The van der Waals surface area contributed by atoms with Crippen LogP contribution in [0, 0.1) is 6.92 Å². The van der Waals surface area contributed by atoms with E-state index in [-0.39, 0.29) is 11.7 Å². The fourth-order valence-corrected chi connectivity index (χ4v) is 2.10. The molecule has 9 heteroatoms. The maximum Gasteiger partial charge on any atom is 0.356 e. The summed E-state index contributed by atoms with van der Waals surface area (Å²) in [5, 5.41) is 14.5. The Labute approximate surface area is 118 Å². The van der Waals surface area contributed by atoms with E-state index in [1.807, 2.05) is 6.92 Å². The van der Waals surface area contributed by atoms with E-state index in [1.54, 1.807) is 10.8 Å². The number of anilines is 1. The van der Waals surface area contributed by atoms with Crippen molar-refractivity contribution in [3.63, 3.8) is 0 Å². The molecular formula is C11H13N5O3S. The van der Waals surface area contributed by atoms with Crippen molar-refractivity contribution in [1.82, 2.24) is 19.9 Å². The molecule has 0 aliphatic carbocycles. The number of aromatic nitrogens is 3. The van der Waals surface area contributed by atoms with Gasteiger partial charge >= 0.3 is 12.0 Å². The summed E-state index contributed by atoms with van der Waals surface area (Å²) < 4.78 is 1.59. The van der Waals surface area contributed by atoms with E-state index < -0.39 is 5.97 Å². The Morgan fingerprint density at radius 3 is 2.85 bits per heavy atom. The normalized spacial score (nSPS) is 10.2. The van der Waals surface area contributed by atoms with Gasteiger partial charge in [0, 0.05) is 30.4 Å². The number of carboxylic acids is 1. The maximum atomic E-state index is 11.6. The second-order valence-corrected chi connectivity index (χ2v) is 5.19. The summed E-state index contributed by atoms with van der Waals surface area (Å²) in [6.45, 7) is 2.69. The highest BCUT2D eigenvalue weighted by Gasteiger charge is 2.07. The second-order valence-electron chi connectivity index (χ2n) is 3.96. The maximum absolute atomic E-state index is 11.6. The molecule has 0 spiro atoms. The highest BCUT2D eigenvalue weighted by molar-refractivity contribution is 7.15. The average Bonchev–Trinajstić information content (AvgIpc) is 2.99. The largest absolute Gasteiger partial charge is 0.476 e. The van der Waals surface area contributed by atoms with Gasteiger partial charge in [0.25, 0.3) is 0 Å². The number of rotatable bonds is 5. The summed E-state index contributed by atoms with van der Waals surface area (Å²) in [6, 6.07) is -0.349. The molecule has 0 saturated carbocycles. The number of amides is 2. The molecule has 0 atom stereocenters. The van der Waals surface area contributed by atoms with Crippen LogP contribution in [0.3, 0.4) is 0 Å². The SMILES string of the molecule is Cc1cnc(NC(=O)NCCn2cnc(C(=O)O)c2)s1. The van der Waals surface area contributed by atoms with Crippen molar-refractivity contribution >= 4 is 28.5 Å². The molecule has 2 rings (SSSR count). The molecule has 106 valence electrons. The smallest absolute Gasteiger partial charge is 0.356 e. The zero-order chi connectivity index (χ0) is 14.5. The minimum absolute atomic E-state index is 0.0206. The predicted molar refractivity (Wildman–Crippen MR) is 73.1 cm³/mol. The quantitative estimate of drug-likeness (QED) is 0.767. The third kappa shape index (κ3) is 3.79. The van der Waals surface area contributed by atoms with E-state index in [0.717, 1.165) is 4.88 Å². The molecule has 2 aromatic rings. The van der Waals surface area contributed by atoms with Gasteiger partial charge in [-0.1, -0.05) is 0 Å². The summed E-state index contributed by atoms with van der Waals surface area (Å²) >= 11 is 1.39. The lowest BCUT2D eigenvalue weighted by atomic mass is 10.5. The van der Waals surface area contributed by atoms with E-state index in [4.69, 9.17) is 5.11 Å². The standard InChI is InChI=1S/C11H13N5O3S/c1-7-4-13-11(20-7)15-10(19)12-2-3-16-5-8(9(17)18)14-6-16/h4-6H,2-3H2,1H3,(H,17,18)(H2,12,13,15,19). The van der Waals surface area contributed by atoms with Crippen molar-refractivity contribution in [2.24, 2.45) is 0 Å². The fraction of sp³-hybridized carbons (Fsp3) is 0.273. The molecule has 0 aromatic carbocycles. The minimum Gasteiger partial charge on any atom is -0.476 e. The Morgan fingerprint density at radius 1 is 1.45 bits per heavy atom. The highest BCUT2D eigenvalue weighted by Crippen LogP contribution is 2.15. The van der Waals surface area contributed by atoms with Crippen molar-refractivity contribution in [2.45, 2.75) is 13.5 Å². The van der Waals surface area contributed by atoms with Gasteiger partial charge in [-0.15, -0.1) is 11.3 Å². The van der Waals surface area contributed by atoms with Crippen LogP contribution in [0.25, 0.3) is 0 Å². The van der Waals surface area contributed by atoms with Crippen molar-refractivity contribution in [3.8, 4) is 0 Å². The molecule has 8 nitrogen and oxygen atoms in total. The number of carbonyl (C=O) groups is 2. The molecule has 20 heavy (non-hydrogen) atoms. The van der Waals surface area contributed by atoms with Crippen molar-refractivity contribution in [2.75, 3.05) is 11.9 Å². The van der Waals surface area contributed by atoms with E-state index in [0.29, 0.717) is 18.2 Å². The number of nitrogens with zero attached hydrogens (tertiary/aromatic N) is 3. The van der Waals surface area contributed by atoms with Crippen LogP contribution in [0.2, 0.25) is 0 Å². The number of imidazole rings is 1. The molecule has 2 heterocycles. The van der Waals surface area contributed by atoms with Crippen LogP contribution in [0.4, 0.5) is 9.93 Å². The third-order valence-corrected chi connectivity index (χ3v) is 3.18. The van der Waals surface area contributed by atoms with Crippen molar-refractivity contribution < 1.29 is 14.7 Å². The average molecular weight is 295 g/mol. The molecular weight excluding hydrogens is 282 g/mol. The molecule has 0 bridgehead atoms. The van der Waals surface area contributed by atoms with Crippen LogP contribution in [0.1, 0.15) is 15.4 Å². The molecule has 0 unspecified atom stereocenters. The molecule has 0 aliphatic rings. The number of aryl methyl sites for hydroxylation is 1. The summed E-state index contributed by atoms with van der Waals surface area (Å²) in [7, 11) is 0. The van der Waals surface area contributed by atoms with Gasteiger partial charge in [0.05, 0.1) is 6.33 Å². The fourth-order valence-electron chi connectivity index (χ4n) is 1.45. The molecule has 2 aromatic heterocycles. The van der Waals surface area contributed by atoms with Gasteiger partial charge in [-0.25, -0.2) is 19.6 Å². The topological polar surface area (TPSA) is 109 Å². The number of aromatic carboxylic acids is 1. The Morgan fingerprint density at radius 2 is 2.25 bits per heavy atom. The first-order valence-electron chi connectivity index (χ1n) is 5.77. The Kier molecular flexibility index (Phi) is 4.31. The lowest BCUT2D eigenvalue weighted by molar-refractivity contribution is 0.0691. The molecule has 0 radical (unpaired) electrons. The van der Waals surface area contributed by atoms with Crippen LogP contribution in [-0.2, 0) is 6.54 Å². The molecule has 0 fully saturated rings. The molecule has 0 saturated heterocycles. The van der Waals surface area contributed by atoms with Crippen LogP contribution in [0.15, 0.2) is 18.7 Å². The van der Waals surface area contributed by atoms with E-state index in [1.165, 1.54) is 23.9 Å². The van der Waals surface area contributed by atoms with Crippen LogP contribution in [0.5, 0.6) is 0 Å². The number of thiazole rings is 1. The molecule has 2 amide bonds. The second kappa shape index (κ2) is 6.15. The highest BCUT2D eigenvalue weighted by atomic mass is 32.1. The number of nitrogens with one attached hydrogen (secondary N) is 2. The van der Waals surface area contributed by atoms with Gasteiger partial charge in [-0.05, 0) is 6.92 Å². The lowest BCUT2D eigenvalue weighted by Gasteiger charge is -2.05. The Hall–Kier alpha value is -2.42. The van der Waals surface area contributed by atoms with E-state index >= 15 is 0 Å². The number of urea groups is 1. The van der Waals surface area contributed by atoms with Gasteiger partial charge in [0.2, 0.25) is 0 Å². The minimum atomic E-state index is -1.08. The van der Waals surface area contributed by atoms with E-state index in [9.17, 15) is 9.59 Å². The van der Waals surface area contributed by atoms with Crippen LogP contribution in [-0.4, -0.2) is 38.2 Å². The monoisotopic (exact) mass is 295 g/mol. The predicted octanol–water partition coefficient (Wildman–Crippen LogP) is 1.17. The van der Waals surface area contributed by atoms with Crippen LogP contribution >= 0.6 is 11.3 Å². The number of carbonyl (C=O) groups excluding carboxylic acids is 1. The Balaban J connectivity index is 1.74. The van der Waals surface area contributed by atoms with Gasteiger partial charge in [0.15, 0.2) is 10.8 Å². The summed E-state index contributed by atoms with van der Waals surface area (Å²) in [5.41, 5.74) is -0.0206. The number of hydrogen-bond acceptors (Lipinski definition) is 5. The zero-order valence-electron chi connectivity index (χ0n) is 10.7. The summed E-state index contributed by atoms with van der Waals surface area (Å²) in [4.78, 5) is 30.9. The number of carboxylic acid groups (broad SMARTS) is 1. The van der Waals surface area contributed by atoms with Crippen LogP contribution < -0.4 is 10.6 Å². The first-order chi connectivity index (χ1) is 9.54. The zero-order valence-corrected chi connectivity index (χ0v) is 11.5. The van der Waals surface area contributed by atoms with E-state index in [2.05, 4.69) is 20.6 Å². The van der Waals surface area contributed by atoms with Gasteiger partial charge in [-0.2, -0.15) is 0 Å². The van der Waals surface area contributed by atoms with Gasteiger partial charge in [0.1, 0.15) is 0 Å². The molecule has 0 aliphatic heterocycles. The first kappa shape index (κ1) is 14.0. The van der Waals surface area contributed by atoms with Crippen molar-refractivity contribution in [1.29, 1.82) is 0 Å². The number of hydrogen-bond donors (Lipinski definition) is 3. The van der Waals surface area contributed by atoms with Crippen molar-refractivity contribution in [3.05, 3.63) is 29.3 Å². The summed E-state index contributed by atoms with van der Waals surface area (Å²) in [6.07, 6.45) is 4.50.